The fourth-order valence-electron chi connectivity index (χ4n) is 3.25. The topological polar surface area (TPSA) is 90.0 Å². The number of hydrogen-bond acceptors (Lipinski definition) is 6. The van der Waals surface area contributed by atoms with Crippen LogP contribution < -0.4 is 0 Å². The maximum absolute atomic E-state index is 13.1. The molecule has 30 heavy (non-hydrogen) atoms. The van der Waals surface area contributed by atoms with Gasteiger partial charge in [0, 0.05) is 12.5 Å². The van der Waals surface area contributed by atoms with Gasteiger partial charge >= 0.3 is 11.9 Å². The molecular formula is C22H23NO6S. The molecule has 0 amide bonds. The Balaban J connectivity index is 1.76. The zero-order valence-corrected chi connectivity index (χ0v) is 17.5. The monoisotopic (exact) mass is 429 g/mol. The Labute approximate surface area is 176 Å². The molecule has 0 spiro atoms. The largest absolute Gasteiger partial charge is 0.468 e. The molecule has 0 saturated carbocycles. The van der Waals surface area contributed by atoms with Crippen LogP contribution in [0.1, 0.15) is 17.5 Å². The molecule has 7 nitrogen and oxygen atoms in total. The minimum absolute atomic E-state index is 0.0304. The van der Waals surface area contributed by atoms with Crippen LogP contribution in [-0.4, -0.2) is 50.5 Å². The molecule has 158 valence electrons. The number of carbonyl (C=O) groups excluding carboxylic acids is 2. The van der Waals surface area contributed by atoms with E-state index in [1.54, 1.807) is 18.2 Å². The second-order valence-electron chi connectivity index (χ2n) is 6.97. The molecule has 8 heteroatoms. The van der Waals surface area contributed by atoms with Crippen LogP contribution in [0.15, 0.2) is 65.6 Å². The van der Waals surface area contributed by atoms with E-state index in [4.69, 9.17) is 9.47 Å². The zero-order chi connectivity index (χ0) is 21.7. The van der Waals surface area contributed by atoms with Gasteiger partial charge in [-0.2, -0.15) is 4.31 Å². The fraction of sp³-hybridized carbons (Fsp3) is 0.273. The summed E-state index contributed by atoms with van der Waals surface area (Å²) in [5.41, 5.74) is 1.74. The molecule has 0 aliphatic carbocycles. The molecule has 0 aromatic heterocycles. The fourth-order valence-corrected chi connectivity index (χ4v) is 4.87. The number of benzene rings is 2. The van der Waals surface area contributed by atoms with Crippen LogP contribution in [0.4, 0.5) is 0 Å². The minimum Gasteiger partial charge on any atom is -0.468 e. The van der Waals surface area contributed by atoms with Crippen LogP contribution in [0, 0.1) is 6.92 Å². The summed E-state index contributed by atoms with van der Waals surface area (Å²) < 4.78 is 37.4. The number of carbonyl (C=O) groups is 2. The number of ether oxygens (including phenoxy) is 2. The molecule has 1 aliphatic rings. The molecule has 2 atom stereocenters. The Bertz CT molecular complexity index is 1030. The zero-order valence-electron chi connectivity index (χ0n) is 16.7. The van der Waals surface area contributed by atoms with E-state index < -0.39 is 34.1 Å². The molecule has 1 heterocycles. The first-order valence-corrected chi connectivity index (χ1v) is 10.9. The van der Waals surface area contributed by atoms with Crippen molar-refractivity contribution in [2.24, 2.45) is 0 Å². The Morgan fingerprint density at radius 1 is 1.07 bits per heavy atom. The van der Waals surface area contributed by atoms with Gasteiger partial charge in [0.05, 0.1) is 18.6 Å². The highest BCUT2D eigenvalue weighted by atomic mass is 32.2. The second kappa shape index (κ2) is 9.23. The predicted octanol–water partition coefficient (Wildman–Crippen LogP) is 2.56. The van der Waals surface area contributed by atoms with Crippen molar-refractivity contribution in [2.75, 3.05) is 13.7 Å². The number of sulfonamides is 1. The SMILES string of the molecule is COC(=O)[C@@H]1C[C@@H](OC(=O)/C=C/c2ccccc2)CN1S(=O)(=O)c1ccc(C)cc1. The molecule has 1 aliphatic heterocycles. The van der Waals surface area contributed by atoms with Crippen LogP contribution in [-0.2, 0) is 29.1 Å². The Hall–Kier alpha value is -2.97. The molecular weight excluding hydrogens is 406 g/mol. The molecule has 3 rings (SSSR count). The van der Waals surface area contributed by atoms with Gasteiger partial charge in [-0.1, -0.05) is 48.0 Å². The number of rotatable bonds is 6. The smallest absolute Gasteiger partial charge is 0.331 e. The van der Waals surface area contributed by atoms with E-state index >= 15 is 0 Å². The Morgan fingerprint density at radius 3 is 2.37 bits per heavy atom. The normalized spacial score (nSPS) is 19.7. The number of aryl methyl sites for hydroxylation is 1. The summed E-state index contributed by atoms with van der Waals surface area (Å²) in [7, 11) is -2.77. The van der Waals surface area contributed by atoms with Crippen molar-refractivity contribution in [3.05, 3.63) is 71.8 Å². The van der Waals surface area contributed by atoms with Crippen LogP contribution in [0.2, 0.25) is 0 Å². The average molecular weight is 429 g/mol. The van der Waals surface area contributed by atoms with E-state index in [1.165, 1.54) is 25.3 Å². The summed E-state index contributed by atoms with van der Waals surface area (Å²) >= 11 is 0. The summed E-state index contributed by atoms with van der Waals surface area (Å²) in [5, 5.41) is 0. The van der Waals surface area contributed by atoms with Gasteiger partial charge in [0.25, 0.3) is 0 Å². The third-order valence-electron chi connectivity index (χ3n) is 4.81. The van der Waals surface area contributed by atoms with Gasteiger partial charge in [0.1, 0.15) is 12.1 Å². The van der Waals surface area contributed by atoms with E-state index in [0.29, 0.717) is 0 Å². The van der Waals surface area contributed by atoms with Crippen molar-refractivity contribution >= 4 is 28.0 Å². The van der Waals surface area contributed by atoms with E-state index in [-0.39, 0.29) is 17.9 Å². The molecule has 0 radical (unpaired) electrons. The maximum Gasteiger partial charge on any atom is 0.331 e. The van der Waals surface area contributed by atoms with E-state index in [0.717, 1.165) is 15.4 Å². The van der Waals surface area contributed by atoms with Gasteiger partial charge in [-0.05, 0) is 30.7 Å². The third-order valence-corrected chi connectivity index (χ3v) is 6.70. The lowest BCUT2D eigenvalue weighted by atomic mass is 10.2. The minimum atomic E-state index is -3.96. The molecule has 2 aromatic rings. The molecule has 1 saturated heterocycles. The Morgan fingerprint density at radius 2 is 1.73 bits per heavy atom. The lowest BCUT2D eigenvalue weighted by Gasteiger charge is -2.21. The summed E-state index contributed by atoms with van der Waals surface area (Å²) in [5.74, 6) is -1.30. The standard InChI is InChI=1S/C22H23NO6S/c1-16-8-11-19(12-9-16)30(26,27)23-15-18(14-20(23)22(25)28-2)29-21(24)13-10-17-6-4-3-5-7-17/h3-13,18,20H,14-15H2,1-2H3/b13-10+/t18-,20+/m1/s1. The van der Waals surface area contributed by atoms with Crippen molar-refractivity contribution in [1.82, 2.24) is 4.31 Å². The number of methoxy groups -OCH3 is 1. The van der Waals surface area contributed by atoms with Gasteiger partial charge in [-0.25, -0.2) is 13.2 Å². The molecule has 0 unspecified atom stereocenters. The van der Waals surface area contributed by atoms with Crippen LogP contribution in [0.25, 0.3) is 6.08 Å². The molecule has 1 fully saturated rings. The van der Waals surface area contributed by atoms with Crippen molar-refractivity contribution in [3.8, 4) is 0 Å². The van der Waals surface area contributed by atoms with Crippen molar-refractivity contribution in [2.45, 2.75) is 30.4 Å². The van der Waals surface area contributed by atoms with E-state index in [2.05, 4.69) is 0 Å². The van der Waals surface area contributed by atoms with Crippen LogP contribution in [0.5, 0.6) is 0 Å². The average Bonchev–Trinajstić information content (AvgIpc) is 3.17. The number of hydrogen-bond donors (Lipinski definition) is 0. The summed E-state index contributed by atoms with van der Waals surface area (Å²) in [4.78, 5) is 24.5. The van der Waals surface area contributed by atoms with Gasteiger partial charge in [-0.15, -0.1) is 0 Å². The summed E-state index contributed by atoms with van der Waals surface area (Å²) in [6.45, 7) is 1.73. The number of esters is 2. The van der Waals surface area contributed by atoms with Crippen LogP contribution in [0.3, 0.4) is 0 Å². The highest BCUT2D eigenvalue weighted by Gasteiger charge is 2.46. The van der Waals surface area contributed by atoms with E-state index in [9.17, 15) is 18.0 Å². The number of nitrogens with zero attached hydrogens (tertiary/aromatic N) is 1. The quantitative estimate of drug-likeness (QED) is 0.518. The van der Waals surface area contributed by atoms with Crippen molar-refractivity contribution in [3.63, 3.8) is 0 Å². The van der Waals surface area contributed by atoms with Gasteiger partial charge < -0.3 is 9.47 Å². The van der Waals surface area contributed by atoms with Crippen molar-refractivity contribution < 1.29 is 27.5 Å². The third kappa shape index (κ3) is 4.95. The Kier molecular flexibility index (Phi) is 6.69. The molecule has 0 bridgehead atoms. The van der Waals surface area contributed by atoms with Gasteiger partial charge in [0.15, 0.2) is 0 Å². The van der Waals surface area contributed by atoms with Crippen molar-refractivity contribution in [1.29, 1.82) is 0 Å². The first-order valence-electron chi connectivity index (χ1n) is 9.41. The molecule has 0 N–H and O–H groups in total. The van der Waals surface area contributed by atoms with Gasteiger partial charge in [-0.3, -0.25) is 4.79 Å². The summed E-state index contributed by atoms with van der Waals surface area (Å²) in [6, 6.07) is 14.5. The second-order valence-corrected chi connectivity index (χ2v) is 8.86. The highest BCUT2D eigenvalue weighted by molar-refractivity contribution is 7.89. The lowest BCUT2D eigenvalue weighted by molar-refractivity contribution is -0.146. The summed E-state index contributed by atoms with van der Waals surface area (Å²) in [6.07, 6.45) is 2.15. The maximum atomic E-state index is 13.1. The lowest BCUT2D eigenvalue weighted by Crippen LogP contribution is -2.41. The highest BCUT2D eigenvalue weighted by Crippen LogP contribution is 2.29. The molecule has 2 aromatic carbocycles. The first-order chi connectivity index (χ1) is 14.3. The van der Waals surface area contributed by atoms with Gasteiger partial charge in [0.2, 0.25) is 10.0 Å². The van der Waals surface area contributed by atoms with Crippen LogP contribution >= 0.6 is 0 Å². The first kappa shape index (κ1) is 21.7. The van der Waals surface area contributed by atoms with E-state index in [1.807, 2.05) is 37.3 Å². The predicted molar refractivity (Wildman–Crippen MR) is 111 cm³/mol.